The molecule has 0 aliphatic rings. The zero-order chi connectivity index (χ0) is 16.4. The summed E-state index contributed by atoms with van der Waals surface area (Å²) in [7, 11) is 0. The maximum absolute atomic E-state index is 11.6. The highest BCUT2D eigenvalue weighted by Crippen LogP contribution is 2.17. The predicted octanol–water partition coefficient (Wildman–Crippen LogP) is 2.45. The number of nitrogens with one attached hydrogen (secondary N) is 2. The van der Waals surface area contributed by atoms with Crippen LogP contribution >= 0.6 is 0 Å². The first-order valence-electron chi connectivity index (χ1n) is 7.48. The fourth-order valence-corrected chi connectivity index (χ4v) is 1.86. The van der Waals surface area contributed by atoms with Gasteiger partial charge >= 0.3 is 12.0 Å². The van der Waals surface area contributed by atoms with Gasteiger partial charge in [0.1, 0.15) is 5.75 Å². The fourth-order valence-electron chi connectivity index (χ4n) is 1.86. The number of hydrogen-bond donors (Lipinski definition) is 3. The maximum atomic E-state index is 11.6. The van der Waals surface area contributed by atoms with E-state index in [1.165, 1.54) is 0 Å². The lowest BCUT2D eigenvalue weighted by molar-refractivity contribution is -0.137. The molecule has 6 heteroatoms. The Morgan fingerprint density at radius 2 is 2.05 bits per heavy atom. The smallest absolute Gasteiger partial charge is 0.315 e. The molecule has 6 nitrogen and oxygen atoms in total. The van der Waals surface area contributed by atoms with Crippen molar-refractivity contribution in [2.45, 2.75) is 39.7 Å². The van der Waals surface area contributed by atoms with Gasteiger partial charge in [-0.1, -0.05) is 13.0 Å². The summed E-state index contributed by atoms with van der Waals surface area (Å²) in [4.78, 5) is 21.9. The highest BCUT2D eigenvalue weighted by atomic mass is 16.5. The van der Waals surface area contributed by atoms with Gasteiger partial charge in [-0.3, -0.25) is 4.79 Å². The number of hydrogen-bond acceptors (Lipinski definition) is 3. The van der Waals surface area contributed by atoms with Crippen LogP contribution in [0.25, 0.3) is 0 Å². The lowest BCUT2D eigenvalue weighted by atomic mass is 10.1. The average Bonchev–Trinajstić information content (AvgIpc) is 2.48. The van der Waals surface area contributed by atoms with Crippen LogP contribution in [0.4, 0.5) is 4.79 Å². The first kappa shape index (κ1) is 17.8. The van der Waals surface area contributed by atoms with Crippen LogP contribution in [0.5, 0.6) is 5.75 Å². The summed E-state index contributed by atoms with van der Waals surface area (Å²) in [5, 5.41) is 13.9. The second-order valence-electron chi connectivity index (χ2n) is 5.04. The summed E-state index contributed by atoms with van der Waals surface area (Å²) in [6.07, 6.45) is 1.44. The highest BCUT2D eigenvalue weighted by Gasteiger charge is 2.04. The molecule has 1 rings (SSSR count). The molecule has 1 aromatic carbocycles. The second kappa shape index (κ2) is 9.65. The Morgan fingerprint density at radius 3 is 2.68 bits per heavy atom. The molecule has 3 N–H and O–H groups in total. The summed E-state index contributed by atoms with van der Waals surface area (Å²) >= 11 is 0. The lowest BCUT2D eigenvalue weighted by Crippen LogP contribution is -2.35. The number of rotatable bonds is 9. The van der Waals surface area contributed by atoms with Gasteiger partial charge in [-0.15, -0.1) is 0 Å². The summed E-state index contributed by atoms with van der Waals surface area (Å²) in [6, 6.07) is 5.49. The standard InChI is InChI=1S/C16H24N2O4/c1-3-9-22-14-7-6-13(12(2)10-14)11-18-16(21)17-8-4-5-15(19)20/h6-7,10H,3-5,8-9,11H2,1-2H3,(H,19,20)(H2,17,18,21). The molecule has 122 valence electrons. The third kappa shape index (κ3) is 6.97. The number of benzene rings is 1. The van der Waals surface area contributed by atoms with Crippen LogP contribution in [0.15, 0.2) is 18.2 Å². The van der Waals surface area contributed by atoms with E-state index >= 15 is 0 Å². The normalized spacial score (nSPS) is 10.1. The van der Waals surface area contributed by atoms with Gasteiger partial charge in [-0.05, 0) is 43.0 Å². The third-order valence-electron chi connectivity index (χ3n) is 3.08. The van der Waals surface area contributed by atoms with Crippen molar-refractivity contribution >= 4 is 12.0 Å². The number of carboxylic acids is 1. The number of ether oxygens (including phenoxy) is 1. The first-order chi connectivity index (χ1) is 10.5. The van der Waals surface area contributed by atoms with Crippen LogP contribution in [0.3, 0.4) is 0 Å². The van der Waals surface area contributed by atoms with Crippen molar-refractivity contribution in [2.24, 2.45) is 0 Å². The number of urea groups is 1. The van der Waals surface area contributed by atoms with Crippen molar-refractivity contribution < 1.29 is 19.4 Å². The fraction of sp³-hybridized carbons (Fsp3) is 0.500. The number of aliphatic carboxylic acids is 1. The van der Waals surface area contributed by atoms with Crippen molar-refractivity contribution in [3.05, 3.63) is 29.3 Å². The Hall–Kier alpha value is -2.24. The van der Waals surface area contributed by atoms with Crippen LogP contribution in [-0.2, 0) is 11.3 Å². The molecule has 0 atom stereocenters. The summed E-state index contributed by atoms with van der Waals surface area (Å²) in [5.41, 5.74) is 2.07. The number of carboxylic acid groups (broad SMARTS) is 1. The Kier molecular flexibility index (Phi) is 7.81. The van der Waals surface area contributed by atoms with E-state index in [4.69, 9.17) is 9.84 Å². The molecule has 0 aliphatic carbocycles. The van der Waals surface area contributed by atoms with E-state index in [2.05, 4.69) is 17.6 Å². The average molecular weight is 308 g/mol. The Bertz CT molecular complexity index is 503. The quantitative estimate of drug-likeness (QED) is 0.611. The van der Waals surface area contributed by atoms with Crippen molar-refractivity contribution in [2.75, 3.05) is 13.2 Å². The van der Waals surface area contributed by atoms with Crippen LogP contribution in [0.2, 0.25) is 0 Å². The summed E-state index contributed by atoms with van der Waals surface area (Å²) in [5.74, 6) is -0.0237. The van der Waals surface area contributed by atoms with Crippen molar-refractivity contribution in [3.63, 3.8) is 0 Å². The summed E-state index contributed by atoms with van der Waals surface area (Å²) < 4.78 is 5.55. The molecule has 0 saturated heterocycles. The molecule has 2 amide bonds. The van der Waals surface area contributed by atoms with E-state index in [0.29, 0.717) is 26.1 Å². The first-order valence-corrected chi connectivity index (χ1v) is 7.48. The molecular weight excluding hydrogens is 284 g/mol. The van der Waals surface area contributed by atoms with Gasteiger partial charge in [0.15, 0.2) is 0 Å². The molecule has 0 heterocycles. The van der Waals surface area contributed by atoms with Gasteiger partial charge in [0.05, 0.1) is 6.61 Å². The number of amides is 2. The van der Waals surface area contributed by atoms with E-state index in [1.54, 1.807) is 0 Å². The molecule has 0 aromatic heterocycles. The summed E-state index contributed by atoms with van der Waals surface area (Å²) in [6.45, 7) is 5.49. The second-order valence-corrected chi connectivity index (χ2v) is 5.04. The van der Waals surface area contributed by atoms with Gasteiger partial charge in [-0.25, -0.2) is 4.79 Å². The van der Waals surface area contributed by atoms with E-state index in [9.17, 15) is 9.59 Å². The van der Waals surface area contributed by atoms with Crippen molar-refractivity contribution in [1.82, 2.24) is 10.6 Å². The molecular formula is C16H24N2O4. The molecule has 1 aromatic rings. The largest absolute Gasteiger partial charge is 0.494 e. The van der Waals surface area contributed by atoms with E-state index in [1.807, 2.05) is 25.1 Å². The van der Waals surface area contributed by atoms with Crippen LogP contribution < -0.4 is 15.4 Å². The molecule has 0 bridgehead atoms. The molecule has 0 fully saturated rings. The predicted molar refractivity (Wildman–Crippen MR) is 84.1 cm³/mol. The van der Waals surface area contributed by atoms with Crippen LogP contribution in [0.1, 0.15) is 37.3 Å². The number of aryl methyl sites for hydroxylation is 1. The zero-order valence-electron chi connectivity index (χ0n) is 13.1. The van der Waals surface area contributed by atoms with Gasteiger partial charge in [-0.2, -0.15) is 0 Å². The van der Waals surface area contributed by atoms with E-state index in [-0.39, 0.29) is 12.5 Å². The number of carbonyl (C=O) groups excluding carboxylic acids is 1. The van der Waals surface area contributed by atoms with Gasteiger partial charge < -0.3 is 20.5 Å². The number of carbonyl (C=O) groups is 2. The van der Waals surface area contributed by atoms with Crippen LogP contribution in [-0.4, -0.2) is 30.3 Å². The minimum absolute atomic E-state index is 0.0542. The zero-order valence-corrected chi connectivity index (χ0v) is 13.1. The van der Waals surface area contributed by atoms with Crippen molar-refractivity contribution in [1.29, 1.82) is 0 Å². The molecule has 22 heavy (non-hydrogen) atoms. The minimum atomic E-state index is -0.858. The van der Waals surface area contributed by atoms with Crippen molar-refractivity contribution in [3.8, 4) is 5.75 Å². The molecule has 0 unspecified atom stereocenters. The molecule has 0 aliphatic heterocycles. The Morgan fingerprint density at radius 1 is 1.27 bits per heavy atom. The van der Waals surface area contributed by atoms with E-state index < -0.39 is 5.97 Å². The molecule has 0 spiro atoms. The van der Waals surface area contributed by atoms with Crippen LogP contribution in [0, 0.1) is 6.92 Å². The SMILES string of the molecule is CCCOc1ccc(CNC(=O)NCCCC(=O)O)c(C)c1. The lowest BCUT2D eigenvalue weighted by Gasteiger charge is -2.11. The Labute approximate surface area is 130 Å². The highest BCUT2D eigenvalue weighted by molar-refractivity contribution is 5.74. The van der Waals surface area contributed by atoms with Gasteiger partial charge in [0.25, 0.3) is 0 Å². The monoisotopic (exact) mass is 308 g/mol. The minimum Gasteiger partial charge on any atom is -0.494 e. The van der Waals surface area contributed by atoms with Gasteiger partial charge in [0, 0.05) is 19.5 Å². The Balaban J connectivity index is 2.34. The maximum Gasteiger partial charge on any atom is 0.315 e. The molecule has 0 radical (unpaired) electrons. The topological polar surface area (TPSA) is 87.7 Å². The van der Waals surface area contributed by atoms with E-state index in [0.717, 1.165) is 23.3 Å². The molecule has 0 saturated carbocycles. The third-order valence-corrected chi connectivity index (χ3v) is 3.08. The van der Waals surface area contributed by atoms with Gasteiger partial charge in [0.2, 0.25) is 0 Å².